The maximum atomic E-state index is 5.68. The van der Waals surface area contributed by atoms with Gasteiger partial charge in [-0.1, -0.05) is 31.5 Å². The number of nitrogens with two attached hydrogens (primary N) is 1. The molecule has 1 aromatic carbocycles. The van der Waals surface area contributed by atoms with Crippen LogP contribution < -0.4 is 5.73 Å². The first-order chi connectivity index (χ1) is 6.88. The normalized spacial score (nSPS) is 11.9. The summed E-state index contributed by atoms with van der Waals surface area (Å²) in [6.07, 6.45) is 1.04. The molecular weight excluding hydrogens is 182 g/mol. The van der Waals surface area contributed by atoms with E-state index < -0.39 is 0 Å². The fourth-order valence-electron chi connectivity index (χ4n) is 2.73. The highest BCUT2D eigenvalue weighted by atomic mass is 14.5. The molecule has 0 spiro atoms. The molecule has 1 rings (SSSR count). The number of benzene rings is 1. The minimum atomic E-state index is 0.191. The van der Waals surface area contributed by atoms with E-state index in [2.05, 4.69) is 46.8 Å². The van der Waals surface area contributed by atoms with Gasteiger partial charge in [-0.2, -0.15) is 0 Å². The van der Waals surface area contributed by atoms with Gasteiger partial charge < -0.3 is 5.73 Å². The molecule has 0 aliphatic rings. The minimum absolute atomic E-state index is 0.191. The standard InChI is InChI=1S/C14H23N/c1-10-8-11(2)13(12(3)9-10)14(4,5)6-7-15/h8-9H,6-7,15H2,1-5H3. The van der Waals surface area contributed by atoms with Gasteiger partial charge in [0.2, 0.25) is 0 Å². The lowest BCUT2D eigenvalue weighted by atomic mass is 9.76. The molecule has 1 heteroatoms. The topological polar surface area (TPSA) is 26.0 Å². The summed E-state index contributed by atoms with van der Waals surface area (Å²) in [7, 11) is 0. The number of aryl methyl sites for hydroxylation is 3. The molecule has 84 valence electrons. The van der Waals surface area contributed by atoms with Crippen LogP contribution in [-0.2, 0) is 5.41 Å². The average molecular weight is 205 g/mol. The van der Waals surface area contributed by atoms with Gasteiger partial charge in [0, 0.05) is 0 Å². The number of rotatable bonds is 3. The van der Waals surface area contributed by atoms with E-state index in [1.807, 2.05) is 0 Å². The third-order valence-electron chi connectivity index (χ3n) is 3.12. The fourth-order valence-corrected chi connectivity index (χ4v) is 2.73. The van der Waals surface area contributed by atoms with Crippen LogP contribution in [0.25, 0.3) is 0 Å². The highest BCUT2D eigenvalue weighted by Crippen LogP contribution is 2.32. The summed E-state index contributed by atoms with van der Waals surface area (Å²) in [6, 6.07) is 4.53. The lowest BCUT2D eigenvalue weighted by molar-refractivity contribution is 0.482. The van der Waals surface area contributed by atoms with Crippen LogP contribution in [0.2, 0.25) is 0 Å². The SMILES string of the molecule is Cc1cc(C)c(C(C)(C)CCN)c(C)c1. The molecule has 0 amide bonds. The molecule has 0 aromatic heterocycles. The maximum Gasteiger partial charge on any atom is -0.00690 e. The van der Waals surface area contributed by atoms with Gasteiger partial charge in [-0.15, -0.1) is 0 Å². The van der Waals surface area contributed by atoms with E-state index in [-0.39, 0.29) is 5.41 Å². The zero-order valence-electron chi connectivity index (χ0n) is 10.6. The van der Waals surface area contributed by atoms with Crippen LogP contribution in [0.3, 0.4) is 0 Å². The summed E-state index contributed by atoms with van der Waals surface area (Å²) < 4.78 is 0. The van der Waals surface area contributed by atoms with Gasteiger partial charge in [0.05, 0.1) is 0 Å². The smallest absolute Gasteiger partial charge is 0.00690 e. The van der Waals surface area contributed by atoms with Gasteiger partial charge in [0.25, 0.3) is 0 Å². The number of hydrogen-bond donors (Lipinski definition) is 1. The second-order valence-electron chi connectivity index (χ2n) is 5.20. The van der Waals surface area contributed by atoms with Crippen molar-refractivity contribution in [1.29, 1.82) is 0 Å². The largest absolute Gasteiger partial charge is 0.330 e. The van der Waals surface area contributed by atoms with E-state index in [0.717, 1.165) is 13.0 Å². The van der Waals surface area contributed by atoms with Gasteiger partial charge in [-0.3, -0.25) is 0 Å². The molecule has 0 heterocycles. The van der Waals surface area contributed by atoms with E-state index in [4.69, 9.17) is 5.73 Å². The second-order valence-corrected chi connectivity index (χ2v) is 5.20. The Hall–Kier alpha value is -0.820. The summed E-state index contributed by atoms with van der Waals surface area (Å²) in [5.74, 6) is 0. The Labute approximate surface area is 93.7 Å². The molecule has 1 aromatic rings. The van der Waals surface area contributed by atoms with Crippen LogP contribution in [0.5, 0.6) is 0 Å². The maximum absolute atomic E-state index is 5.68. The van der Waals surface area contributed by atoms with Crippen molar-refractivity contribution in [2.75, 3.05) is 6.54 Å². The molecule has 0 fully saturated rings. The molecule has 0 aliphatic carbocycles. The van der Waals surface area contributed by atoms with Gasteiger partial charge in [-0.25, -0.2) is 0 Å². The Morgan fingerprint density at radius 2 is 1.53 bits per heavy atom. The van der Waals surface area contributed by atoms with Crippen molar-refractivity contribution < 1.29 is 0 Å². The highest BCUT2D eigenvalue weighted by Gasteiger charge is 2.23. The number of hydrogen-bond acceptors (Lipinski definition) is 1. The van der Waals surface area contributed by atoms with Crippen molar-refractivity contribution in [2.24, 2.45) is 5.73 Å². The molecule has 0 saturated heterocycles. The molecular formula is C14H23N. The van der Waals surface area contributed by atoms with Crippen LogP contribution in [0, 0.1) is 20.8 Å². The minimum Gasteiger partial charge on any atom is -0.330 e. The van der Waals surface area contributed by atoms with Gasteiger partial charge in [0.15, 0.2) is 0 Å². The monoisotopic (exact) mass is 205 g/mol. The van der Waals surface area contributed by atoms with E-state index >= 15 is 0 Å². The van der Waals surface area contributed by atoms with Crippen LogP contribution in [-0.4, -0.2) is 6.54 Å². The predicted molar refractivity (Wildman–Crippen MR) is 67.4 cm³/mol. The van der Waals surface area contributed by atoms with Crippen LogP contribution in [0.15, 0.2) is 12.1 Å². The predicted octanol–water partition coefficient (Wildman–Crippen LogP) is 3.24. The Balaban J connectivity index is 3.24. The molecule has 0 aliphatic heterocycles. The molecule has 0 atom stereocenters. The Morgan fingerprint density at radius 3 is 1.93 bits per heavy atom. The highest BCUT2D eigenvalue weighted by molar-refractivity contribution is 5.42. The van der Waals surface area contributed by atoms with Crippen molar-refractivity contribution in [3.8, 4) is 0 Å². The van der Waals surface area contributed by atoms with Gasteiger partial charge in [0.1, 0.15) is 0 Å². The van der Waals surface area contributed by atoms with E-state index in [0.29, 0.717) is 0 Å². The Bertz CT molecular complexity index is 327. The van der Waals surface area contributed by atoms with Gasteiger partial charge in [-0.05, 0) is 55.8 Å². The first-order valence-electron chi connectivity index (χ1n) is 5.67. The molecule has 0 radical (unpaired) electrons. The molecule has 0 unspecified atom stereocenters. The Morgan fingerprint density at radius 1 is 1.07 bits per heavy atom. The summed E-state index contributed by atoms with van der Waals surface area (Å²) >= 11 is 0. The lowest BCUT2D eigenvalue weighted by Gasteiger charge is -2.29. The summed E-state index contributed by atoms with van der Waals surface area (Å²) in [4.78, 5) is 0. The van der Waals surface area contributed by atoms with Crippen molar-refractivity contribution in [2.45, 2.75) is 46.5 Å². The zero-order valence-corrected chi connectivity index (χ0v) is 10.6. The van der Waals surface area contributed by atoms with Gasteiger partial charge >= 0.3 is 0 Å². The first kappa shape index (κ1) is 12.3. The van der Waals surface area contributed by atoms with E-state index in [1.54, 1.807) is 0 Å². The first-order valence-corrected chi connectivity index (χ1v) is 5.67. The van der Waals surface area contributed by atoms with E-state index in [9.17, 15) is 0 Å². The lowest BCUT2D eigenvalue weighted by Crippen LogP contribution is -2.24. The van der Waals surface area contributed by atoms with Crippen molar-refractivity contribution in [3.05, 3.63) is 34.4 Å². The molecule has 0 saturated carbocycles. The van der Waals surface area contributed by atoms with Crippen molar-refractivity contribution in [3.63, 3.8) is 0 Å². The summed E-state index contributed by atoms with van der Waals surface area (Å²) in [5, 5.41) is 0. The molecule has 15 heavy (non-hydrogen) atoms. The second kappa shape index (κ2) is 4.36. The average Bonchev–Trinajstić information content (AvgIpc) is 1.99. The summed E-state index contributed by atoms with van der Waals surface area (Å²) in [5.41, 5.74) is 11.5. The third kappa shape index (κ3) is 2.60. The third-order valence-corrected chi connectivity index (χ3v) is 3.12. The van der Waals surface area contributed by atoms with Crippen LogP contribution in [0.1, 0.15) is 42.5 Å². The molecule has 1 nitrogen and oxygen atoms in total. The molecule has 0 bridgehead atoms. The van der Waals surface area contributed by atoms with E-state index in [1.165, 1.54) is 22.3 Å². The zero-order chi connectivity index (χ0) is 11.6. The summed E-state index contributed by atoms with van der Waals surface area (Å²) in [6.45, 7) is 11.9. The fraction of sp³-hybridized carbons (Fsp3) is 0.571. The Kier molecular flexibility index (Phi) is 3.56. The van der Waals surface area contributed by atoms with Crippen molar-refractivity contribution in [1.82, 2.24) is 0 Å². The molecule has 2 N–H and O–H groups in total. The van der Waals surface area contributed by atoms with Crippen molar-refractivity contribution >= 4 is 0 Å². The quantitative estimate of drug-likeness (QED) is 0.805. The van der Waals surface area contributed by atoms with Crippen LogP contribution in [0.4, 0.5) is 0 Å². The van der Waals surface area contributed by atoms with Crippen LogP contribution >= 0.6 is 0 Å².